The second kappa shape index (κ2) is 8.49. The minimum Gasteiger partial charge on any atom is -0.394 e. The highest BCUT2D eigenvalue weighted by Gasteiger charge is 2.13. The summed E-state index contributed by atoms with van der Waals surface area (Å²) in [5.41, 5.74) is 2.12. The Morgan fingerprint density at radius 1 is 1.05 bits per heavy atom. The largest absolute Gasteiger partial charge is 0.394 e. The summed E-state index contributed by atoms with van der Waals surface area (Å²) in [4.78, 5) is 11.9. The molecule has 0 spiro atoms. The standard InChI is InChI=1S/C17H19NO2S/c19-11-16(15-9-5-2-6-10-15)18-17(20)13-21-12-14-7-3-1-4-8-14/h1-10,16,19H,11-13H2,(H,18,20). The second-order valence-electron chi connectivity index (χ2n) is 4.69. The number of hydrogen-bond donors (Lipinski definition) is 2. The molecule has 0 aromatic heterocycles. The molecule has 1 amide bonds. The first-order chi connectivity index (χ1) is 10.3. The molecule has 0 radical (unpaired) electrons. The third kappa shape index (κ3) is 5.25. The molecule has 0 heterocycles. The topological polar surface area (TPSA) is 49.3 Å². The molecule has 2 N–H and O–H groups in total. The van der Waals surface area contributed by atoms with Gasteiger partial charge in [0.15, 0.2) is 0 Å². The normalized spacial score (nSPS) is 11.9. The van der Waals surface area contributed by atoms with Crippen molar-refractivity contribution in [2.45, 2.75) is 11.8 Å². The molecule has 4 heteroatoms. The van der Waals surface area contributed by atoms with Crippen molar-refractivity contribution >= 4 is 17.7 Å². The van der Waals surface area contributed by atoms with Crippen LogP contribution < -0.4 is 5.32 Å². The molecule has 0 aliphatic heterocycles. The molecule has 3 nitrogen and oxygen atoms in total. The molecular formula is C17H19NO2S. The van der Waals surface area contributed by atoms with Crippen LogP contribution in [0.2, 0.25) is 0 Å². The highest BCUT2D eigenvalue weighted by atomic mass is 32.2. The van der Waals surface area contributed by atoms with E-state index in [-0.39, 0.29) is 18.6 Å². The van der Waals surface area contributed by atoms with Crippen molar-refractivity contribution in [3.8, 4) is 0 Å². The van der Waals surface area contributed by atoms with Gasteiger partial charge in [-0.2, -0.15) is 0 Å². The Hall–Kier alpha value is -1.78. The summed E-state index contributed by atoms with van der Waals surface area (Å²) in [6.07, 6.45) is 0. The average Bonchev–Trinajstić information content (AvgIpc) is 2.54. The van der Waals surface area contributed by atoms with Crippen molar-refractivity contribution in [3.05, 3.63) is 71.8 Å². The van der Waals surface area contributed by atoms with E-state index in [1.807, 2.05) is 60.7 Å². The Labute approximate surface area is 129 Å². The summed E-state index contributed by atoms with van der Waals surface area (Å²) in [7, 11) is 0. The summed E-state index contributed by atoms with van der Waals surface area (Å²) in [5, 5.41) is 12.3. The Balaban J connectivity index is 1.78. The zero-order chi connectivity index (χ0) is 14.9. The van der Waals surface area contributed by atoms with Crippen molar-refractivity contribution in [2.75, 3.05) is 12.4 Å². The van der Waals surface area contributed by atoms with Crippen molar-refractivity contribution in [1.82, 2.24) is 5.32 Å². The number of benzene rings is 2. The van der Waals surface area contributed by atoms with Crippen LogP contribution in [0.5, 0.6) is 0 Å². The first kappa shape index (κ1) is 15.6. The summed E-state index contributed by atoms with van der Waals surface area (Å²) in [5.74, 6) is 1.14. The van der Waals surface area contributed by atoms with Crippen LogP contribution in [0.3, 0.4) is 0 Å². The van der Waals surface area contributed by atoms with Crippen LogP contribution in [-0.4, -0.2) is 23.4 Å². The third-order valence-corrected chi connectivity index (χ3v) is 4.07. The van der Waals surface area contributed by atoms with Gasteiger partial charge >= 0.3 is 0 Å². The minimum absolute atomic E-state index is 0.0566. The third-order valence-electron chi connectivity index (χ3n) is 3.06. The molecule has 0 saturated carbocycles. The van der Waals surface area contributed by atoms with Crippen LogP contribution in [0, 0.1) is 0 Å². The van der Waals surface area contributed by atoms with Gasteiger partial charge in [0.2, 0.25) is 5.91 Å². The molecule has 0 aliphatic rings. The Bertz CT molecular complexity index is 545. The van der Waals surface area contributed by atoms with E-state index in [0.717, 1.165) is 11.3 Å². The molecule has 2 rings (SSSR count). The quantitative estimate of drug-likeness (QED) is 0.827. The van der Waals surface area contributed by atoms with E-state index < -0.39 is 0 Å². The SMILES string of the molecule is O=C(CSCc1ccccc1)NC(CO)c1ccccc1. The number of carbonyl (C=O) groups is 1. The number of nitrogens with one attached hydrogen (secondary N) is 1. The monoisotopic (exact) mass is 301 g/mol. The first-order valence-corrected chi connectivity index (χ1v) is 8.02. The first-order valence-electron chi connectivity index (χ1n) is 6.86. The number of thioether (sulfide) groups is 1. The van der Waals surface area contributed by atoms with Crippen LogP contribution in [0.4, 0.5) is 0 Å². The van der Waals surface area contributed by atoms with Crippen LogP contribution >= 0.6 is 11.8 Å². The molecule has 2 aromatic carbocycles. The highest BCUT2D eigenvalue weighted by Crippen LogP contribution is 2.14. The lowest BCUT2D eigenvalue weighted by molar-refractivity contribution is -0.119. The molecule has 0 saturated heterocycles. The number of carbonyl (C=O) groups excluding carboxylic acids is 1. The van der Waals surface area contributed by atoms with Gasteiger partial charge in [0.1, 0.15) is 0 Å². The predicted molar refractivity (Wildman–Crippen MR) is 87.0 cm³/mol. The van der Waals surface area contributed by atoms with Crippen molar-refractivity contribution in [1.29, 1.82) is 0 Å². The van der Waals surface area contributed by atoms with Gasteiger partial charge in [0, 0.05) is 5.75 Å². The number of amides is 1. The second-order valence-corrected chi connectivity index (χ2v) is 5.68. The number of rotatable bonds is 7. The van der Waals surface area contributed by atoms with E-state index in [2.05, 4.69) is 5.32 Å². The van der Waals surface area contributed by atoms with Crippen LogP contribution in [0.1, 0.15) is 17.2 Å². The number of aliphatic hydroxyl groups excluding tert-OH is 1. The van der Waals surface area contributed by atoms with Crippen molar-refractivity contribution < 1.29 is 9.90 Å². The molecular weight excluding hydrogens is 282 g/mol. The molecule has 2 aromatic rings. The Morgan fingerprint density at radius 3 is 2.29 bits per heavy atom. The maximum atomic E-state index is 11.9. The Kier molecular flexibility index (Phi) is 6.31. The molecule has 0 aliphatic carbocycles. The molecule has 0 fully saturated rings. The summed E-state index contributed by atoms with van der Waals surface area (Å²) >= 11 is 1.57. The minimum atomic E-state index is -0.337. The molecule has 1 unspecified atom stereocenters. The fraction of sp³-hybridized carbons (Fsp3) is 0.235. The van der Waals surface area contributed by atoms with Crippen molar-refractivity contribution in [3.63, 3.8) is 0 Å². The molecule has 1 atom stereocenters. The van der Waals surface area contributed by atoms with Gasteiger partial charge in [-0.25, -0.2) is 0 Å². The van der Waals surface area contributed by atoms with Gasteiger partial charge in [-0.15, -0.1) is 11.8 Å². The molecule has 21 heavy (non-hydrogen) atoms. The number of hydrogen-bond acceptors (Lipinski definition) is 3. The maximum Gasteiger partial charge on any atom is 0.230 e. The summed E-state index contributed by atoms with van der Waals surface area (Å²) < 4.78 is 0. The lowest BCUT2D eigenvalue weighted by atomic mass is 10.1. The van der Waals surface area contributed by atoms with E-state index >= 15 is 0 Å². The smallest absolute Gasteiger partial charge is 0.230 e. The zero-order valence-corrected chi connectivity index (χ0v) is 12.6. The van der Waals surface area contributed by atoms with Gasteiger partial charge in [-0.3, -0.25) is 4.79 Å². The van der Waals surface area contributed by atoms with Crippen LogP contribution in [-0.2, 0) is 10.5 Å². The fourth-order valence-electron chi connectivity index (χ4n) is 1.99. The van der Waals surface area contributed by atoms with Gasteiger partial charge < -0.3 is 10.4 Å². The number of aliphatic hydroxyl groups is 1. The van der Waals surface area contributed by atoms with E-state index in [9.17, 15) is 9.90 Å². The van der Waals surface area contributed by atoms with Gasteiger partial charge in [-0.05, 0) is 11.1 Å². The van der Waals surface area contributed by atoms with E-state index in [1.165, 1.54) is 5.56 Å². The fourth-order valence-corrected chi connectivity index (χ4v) is 2.79. The van der Waals surface area contributed by atoms with Crippen molar-refractivity contribution in [2.24, 2.45) is 0 Å². The van der Waals surface area contributed by atoms with Gasteiger partial charge in [0.25, 0.3) is 0 Å². The van der Waals surface area contributed by atoms with Gasteiger partial charge in [0.05, 0.1) is 18.4 Å². The highest BCUT2D eigenvalue weighted by molar-refractivity contribution is 7.99. The summed E-state index contributed by atoms with van der Waals surface area (Å²) in [6, 6.07) is 19.2. The van der Waals surface area contributed by atoms with Gasteiger partial charge in [-0.1, -0.05) is 60.7 Å². The average molecular weight is 301 g/mol. The predicted octanol–water partition coefficient (Wildman–Crippen LogP) is 2.77. The lowest BCUT2D eigenvalue weighted by Crippen LogP contribution is -2.32. The van der Waals surface area contributed by atoms with Crippen LogP contribution in [0.15, 0.2) is 60.7 Å². The van der Waals surface area contributed by atoms with Crippen LogP contribution in [0.25, 0.3) is 0 Å². The van der Waals surface area contributed by atoms with E-state index in [4.69, 9.17) is 0 Å². The summed E-state index contributed by atoms with van der Waals surface area (Å²) in [6.45, 7) is -0.0981. The zero-order valence-electron chi connectivity index (χ0n) is 11.7. The Morgan fingerprint density at radius 2 is 1.67 bits per heavy atom. The molecule has 110 valence electrons. The maximum absolute atomic E-state index is 11.9. The van der Waals surface area contributed by atoms with E-state index in [1.54, 1.807) is 11.8 Å². The lowest BCUT2D eigenvalue weighted by Gasteiger charge is -2.16. The van der Waals surface area contributed by atoms with E-state index in [0.29, 0.717) is 5.75 Å². The molecule has 0 bridgehead atoms.